The van der Waals surface area contributed by atoms with Gasteiger partial charge in [0.2, 0.25) is 0 Å². The Morgan fingerprint density at radius 3 is 2.70 bits per heavy atom. The summed E-state index contributed by atoms with van der Waals surface area (Å²) < 4.78 is 38.9. The summed E-state index contributed by atoms with van der Waals surface area (Å²) in [5.41, 5.74) is -0.646. The average molecular weight is 287 g/mol. The number of anilines is 2. The minimum atomic E-state index is -4.35. The molecular weight excluding hydrogens is 267 g/mol. The van der Waals surface area contributed by atoms with E-state index in [1.54, 1.807) is 7.05 Å². The van der Waals surface area contributed by atoms with Gasteiger partial charge < -0.3 is 10.2 Å². The first-order valence-corrected chi connectivity index (χ1v) is 6.99. The topological polar surface area (TPSA) is 28.2 Å². The van der Waals surface area contributed by atoms with Gasteiger partial charge >= 0.3 is 6.18 Å². The number of rotatable bonds is 3. The molecule has 0 saturated carbocycles. The molecule has 1 atom stereocenters. The maximum atomic E-state index is 13.0. The average Bonchev–Trinajstić information content (AvgIpc) is 2.45. The zero-order valence-corrected chi connectivity index (χ0v) is 11.8. The van der Waals surface area contributed by atoms with Crippen molar-refractivity contribution in [2.75, 3.05) is 23.8 Å². The summed E-state index contributed by atoms with van der Waals surface area (Å²) >= 11 is 0. The highest BCUT2D eigenvalue weighted by Gasteiger charge is 2.33. The number of alkyl halides is 3. The Bertz CT molecular complexity index is 459. The van der Waals surface area contributed by atoms with Gasteiger partial charge in [-0.25, -0.2) is 4.98 Å². The Balaban J connectivity index is 2.39. The van der Waals surface area contributed by atoms with Crippen molar-refractivity contribution in [1.29, 1.82) is 0 Å². The molecule has 1 saturated heterocycles. The second kappa shape index (κ2) is 5.89. The third kappa shape index (κ3) is 3.16. The van der Waals surface area contributed by atoms with Crippen LogP contribution < -0.4 is 10.2 Å². The molecule has 1 aliphatic rings. The number of hydrogen-bond donors (Lipinski definition) is 1. The highest BCUT2D eigenvalue weighted by Crippen LogP contribution is 2.34. The molecule has 1 aliphatic heterocycles. The van der Waals surface area contributed by atoms with E-state index in [2.05, 4.69) is 17.2 Å². The smallest absolute Gasteiger partial charge is 0.373 e. The van der Waals surface area contributed by atoms with Crippen LogP contribution in [-0.4, -0.2) is 24.6 Å². The van der Waals surface area contributed by atoms with Gasteiger partial charge in [0.1, 0.15) is 11.6 Å². The van der Waals surface area contributed by atoms with Crippen LogP contribution in [0.5, 0.6) is 0 Å². The molecule has 1 N–H and O–H groups in total. The molecule has 0 amide bonds. The van der Waals surface area contributed by atoms with Gasteiger partial charge in [-0.05, 0) is 37.8 Å². The highest BCUT2D eigenvalue weighted by atomic mass is 19.4. The number of nitrogens with zero attached hydrogens (tertiary/aromatic N) is 2. The van der Waals surface area contributed by atoms with Crippen LogP contribution in [-0.2, 0) is 6.18 Å². The first kappa shape index (κ1) is 14.9. The van der Waals surface area contributed by atoms with Crippen LogP contribution in [0.4, 0.5) is 24.8 Å². The maximum Gasteiger partial charge on any atom is 0.416 e. The third-order valence-corrected chi connectivity index (χ3v) is 3.79. The molecule has 2 rings (SSSR count). The van der Waals surface area contributed by atoms with Crippen molar-refractivity contribution >= 4 is 11.6 Å². The van der Waals surface area contributed by atoms with E-state index < -0.39 is 11.7 Å². The first-order chi connectivity index (χ1) is 9.45. The van der Waals surface area contributed by atoms with Gasteiger partial charge in [0.25, 0.3) is 0 Å². The quantitative estimate of drug-likeness (QED) is 0.913. The summed E-state index contributed by atoms with van der Waals surface area (Å²) in [6.07, 6.45) is -0.271. The number of nitrogens with one attached hydrogen (secondary N) is 1. The van der Waals surface area contributed by atoms with Crippen LogP contribution in [0, 0.1) is 0 Å². The number of hydrogen-bond acceptors (Lipinski definition) is 3. The van der Waals surface area contributed by atoms with Crippen molar-refractivity contribution < 1.29 is 13.2 Å². The van der Waals surface area contributed by atoms with E-state index in [-0.39, 0.29) is 11.9 Å². The van der Waals surface area contributed by atoms with Gasteiger partial charge in [-0.2, -0.15) is 13.2 Å². The molecule has 6 heteroatoms. The predicted octanol–water partition coefficient (Wildman–Crippen LogP) is 3.91. The molecule has 0 radical (unpaired) electrons. The fourth-order valence-electron chi connectivity index (χ4n) is 2.68. The molecule has 0 bridgehead atoms. The third-order valence-electron chi connectivity index (χ3n) is 3.79. The van der Waals surface area contributed by atoms with Gasteiger partial charge in [-0.15, -0.1) is 0 Å². The molecule has 0 aliphatic carbocycles. The Hall–Kier alpha value is -1.46. The van der Waals surface area contributed by atoms with E-state index in [1.165, 1.54) is 0 Å². The van der Waals surface area contributed by atoms with E-state index in [0.29, 0.717) is 5.82 Å². The fourth-order valence-corrected chi connectivity index (χ4v) is 2.68. The first-order valence-electron chi connectivity index (χ1n) is 6.99. The minimum Gasteiger partial charge on any atom is -0.373 e. The van der Waals surface area contributed by atoms with E-state index in [1.807, 2.05) is 4.90 Å². The largest absolute Gasteiger partial charge is 0.416 e. The molecule has 0 aromatic carbocycles. The van der Waals surface area contributed by atoms with Crippen molar-refractivity contribution in [3.05, 3.63) is 17.7 Å². The van der Waals surface area contributed by atoms with Crippen LogP contribution in [0.2, 0.25) is 0 Å². The maximum absolute atomic E-state index is 13.0. The Kier molecular flexibility index (Phi) is 4.40. The Labute approximate surface area is 117 Å². The lowest BCUT2D eigenvalue weighted by molar-refractivity contribution is -0.137. The number of piperidine rings is 1. The second-order valence-corrected chi connectivity index (χ2v) is 5.10. The van der Waals surface area contributed by atoms with Gasteiger partial charge in [0, 0.05) is 19.6 Å². The summed E-state index contributed by atoms with van der Waals surface area (Å²) in [7, 11) is 1.58. The second-order valence-electron chi connectivity index (χ2n) is 5.10. The highest BCUT2D eigenvalue weighted by molar-refractivity contribution is 5.52. The van der Waals surface area contributed by atoms with E-state index >= 15 is 0 Å². The molecule has 1 aromatic heterocycles. The summed E-state index contributed by atoms with van der Waals surface area (Å²) in [5, 5.41) is 2.71. The summed E-state index contributed by atoms with van der Waals surface area (Å²) in [6, 6.07) is 2.49. The molecule has 1 aromatic rings. The molecule has 112 valence electrons. The lowest BCUT2D eigenvalue weighted by atomic mass is 10.00. The molecule has 3 nitrogen and oxygen atoms in total. The van der Waals surface area contributed by atoms with Gasteiger partial charge in [-0.1, -0.05) is 6.92 Å². The zero-order chi connectivity index (χ0) is 14.8. The number of halogens is 3. The van der Waals surface area contributed by atoms with Crippen molar-refractivity contribution in [2.45, 2.75) is 44.8 Å². The van der Waals surface area contributed by atoms with Crippen molar-refractivity contribution in [3.63, 3.8) is 0 Å². The van der Waals surface area contributed by atoms with E-state index in [4.69, 9.17) is 0 Å². The van der Waals surface area contributed by atoms with E-state index in [9.17, 15) is 13.2 Å². The van der Waals surface area contributed by atoms with Crippen LogP contribution >= 0.6 is 0 Å². The minimum absolute atomic E-state index is 0.259. The lowest BCUT2D eigenvalue weighted by Gasteiger charge is -2.36. The van der Waals surface area contributed by atoms with Gasteiger partial charge in [0.15, 0.2) is 0 Å². The number of pyridine rings is 1. The van der Waals surface area contributed by atoms with Crippen LogP contribution in [0.25, 0.3) is 0 Å². The van der Waals surface area contributed by atoms with Crippen molar-refractivity contribution in [2.24, 2.45) is 0 Å². The zero-order valence-electron chi connectivity index (χ0n) is 11.8. The molecule has 20 heavy (non-hydrogen) atoms. The van der Waals surface area contributed by atoms with Crippen LogP contribution in [0.1, 0.15) is 38.2 Å². The van der Waals surface area contributed by atoms with E-state index in [0.717, 1.165) is 44.4 Å². The molecule has 1 unspecified atom stereocenters. The summed E-state index contributed by atoms with van der Waals surface area (Å²) in [6.45, 7) is 2.84. The normalized spacial score (nSPS) is 20.1. The SMILES string of the molecule is CCC1CCCCN1c1cc(C(F)(F)F)cc(NC)n1. The van der Waals surface area contributed by atoms with Gasteiger partial charge in [-0.3, -0.25) is 0 Å². The van der Waals surface area contributed by atoms with Crippen LogP contribution in [0.15, 0.2) is 12.1 Å². The molecule has 0 spiro atoms. The molecular formula is C14H20F3N3. The fraction of sp³-hybridized carbons (Fsp3) is 0.643. The molecule has 1 fully saturated rings. The standard InChI is InChI=1S/C14H20F3N3/c1-3-11-6-4-5-7-20(11)13-9-10(14(15,16)17)8-12(18-2)19-13/h8-9,11H,3-7H2,1-2H3,(H,18,19). The van der Waals surface area contributed by atoms with Crippen molar-refractivity contribution in [3.8, 4) is 0 Å². The number of aromatic nitrogens is 1. The summed E-state index contributed by atoms with van der Waals surface area (Å²) in [5.74, 6) is 0.686. The lowest BCUT2D eigenvalue weighted by Crippen LogP contribution is -2.39. The Morgan fingerprint density at radius 1 is 1.35 bits per heavy atom. The Morgan fingerprint density at radius 2 is 2.10 bits per heavy atom. The summed E-state index contributed by atoms with van der Waals surface area (Å²) in [4.78, 5) is 6.32. The van der Waals surface area contributed by atoms with Crippen molar-refractivity contribution in [1.82, 2.24) is 4.98 Å². The van der Waals surface area contributed by atoms with Gasteiger partial charge in [0.05, 0.1) is 5.56 Å². The predicted molar refractivity (Wildman–Crippen MR) is 74.1 cm³/mol. The van der Waals surface area contributed by atoms with Crippen LogP contribution in [0.3, 0.4) is 0 Å². The monoisotopic (exact) mass is 287 g/mol. The molecule has 2 heterocycles.